The minimum atomic E-state index is -0.748. The fourth-order valence-corrected chi connectivity index (χ4v) is 3.48. The lowest BCUT2D eigenvalue weighted by molar-refractivity contribution is -0.138. The molecule has 0 fully saturated rings. The number of hydrogen-bond donors (Lipinski definition) is 1. The average molecular weight is 323 g/mol. The normalized spacial score (nSPS) is 14.8. The Bertz CT molecular complexity index is 719. The zero-order chi connectivity index (χ0) is 17.1. The summed E-state index contributed by atoms with van der Waals surface area (Å²) < 4.78 is 0. The molecule has 0 aliphatic heterocycles. The van der Waals surface area contributed by atoms with Gasteiger partial charge in [-0.05, 0) is 66.5 Å². The second-order valence-corrected chi connectivity index (χ2v) is 6.89. The highest BCUT2D eigenvalue weighted by Crippen LogP contribution is 2.28. The molecule has 1 aliphatic carbocycles. The predicted molar refractivity (Wildman–Crippen MR) is 97.9 cm³/mol. The Hall–Kier alpha value is -2.29. The van der Waals surface area contributed by atoms with Crippen LogP contribution in [0.5, 0.6) is 0 Å². The first-order chi connectivity index (χ1) is 11.5. The van der Waals surface area contributed by atoms with Gasteiger partial charge in [0.2, 0.25) is 0 Å². The molecule has 1 aliphatic rings. The molecule has 0 spiro atoms. The molecule has 2 aromatic rings. The average Bonchev–Trinajstić information content (AvgIpc) is 2.59. The van der Waals surface area contributed by atoms with Crippen molar-refractivity contribution in [2.24, 2.45) is 0 Å². The zero-order valence-corrected chi connectivity index (χ0v) is 14.5. The molecule has 1 atom stereocenters. The van der Waals surface area contributed by atoms with Crippen LogP contribution in [0.1, 0.15) is 41.0 Å². The Morgan fingerprint density at radius 3 is 2.33 bits per heavy atom. The van der Waals surface area contributed by atoms with Crippen LogP contribution in [0.2, 0.25) is 0 Å². The van der Waals surface area contributed by atoms with Crippen molar-refractivity contribution in [3.05, 3.63) is 64.7 Å². The molecule has 0 saturated heterocycles. The van der Waals surface area contributed by atoms with E-state index in [0.29, 0.717) is 6.42 Å². The van der Waals surface area contributed by atoms with Gasteiger partial charge < -0.3 is 10.0 Å². The largest absolute Gasteiger partial charge is 0.481 e. The number of carboxylic acid groups (broad SMARTS) is 1. The molecule has 0 amide bonds. The maximum atomic E-state index is 11.8. The van der Waals surface area contributed by atoms with Crippen molar-refractivity contribution in [1.82, 2.24) is 0 Å². The summed E-state index contributed by atoms with van der Waals surface area (Å²) in [6, 6.07) is 14.4. The number of aryl methyl sites for hydroxylation is 2. The van der Waals surface area contributed by atoms with E-state index >= 15 is 0 Å². The fraction of sp³-hybridized carbons (Fsp3) is 0.381. The molecule has 3 heteroatoms. The van der Waals surface area contributed by atoms with E-state index in [1.165, 1.54) is 24.0 Å². The van der Waals surface area contributed by atoms with Crippen LogP contribution in [-0.2, 0) is 24.1 Å². The number of benzene rings is 2. The third kappa shape index (κ3) is 3.61. The Labute approximate surface area is 143 Å². The van der Waals surface area contributed by atoms with Gasteiger partial charge in [-0.2, -0.15) is 0 Å². The van der Waals surface area contributed by atoms with Gasteiger partial charge in [-0.15, -0.1) is 0 Å². The number of carbonyl (C=O) groups is 1. The van der Waals surface area contributed by atoms with Crippen LogP contribution in [0.4, 0.5) is 5.69 Å². The Balaban J connectivity index is 1.83. The maximum absolute atomic E-state index is 11.8. The van der Waals surface area contributed by atoms with Gasteiger partial charge in [0.1, 0.15) is 0 Å². The first-order valence-electron chi connectivity index (χ1n) is 8.65. The highest BCUT2D eigenvalue weighted by Gasteiger charge is 2.22. The van der Waals surface area contributed by atoms with Gasteiger partial charge in [0.25, 0.3) is 0 Å². The second kappa shape index (κ2) is 7.08. The van der Waals surface area contributed by atoms with Crippen molar-refractivity contribution in [2.75, 3.05) is 19.0 Å². The van der Waals surface area contributed by atoms with Crippen molar-refractivity contribution in [3.8, 4) is 0 Å². The lowest BCUT2D eigenvalue weighted by atomic mass is 9.85. The minimum absolute atomic E-state index is 0.484. The molecule has 0 bridgehead atoms. The zero-order valence-electron chi connectivity index (χ0n) is 14.5. The summed E-state index contributed by atoms with van der Waals surface area (Å²) in [5.74, 6) is -1.23. The first kappa shape index (κ1) is 16.6. The van der Waals surface area contributed by atoms with Crippen LogP contribution in [0.3, 0.4) is 0 Å². The summed E-state index contributed by atoms with van der Waals surface area (Å²) in [6.07, 6.45) is 5.18. The summed E-state index contributed by atoms with van der Waals surface area (Å²) in [5, 5.41) is 9.73. The number of nitrogens with zero attached hydrogens (tertiary/aromatic N) is 1. The number of anilines is 1. The molecule has 1 unspecified atom stereocenters. The van der Waals surface area contributed by atoms with E-state index in [1.807, 2.05) is 49.3 Å². The summed E-state index contributed by atoms with van der Waals surface area (Å²) in [5.41, 5.74) is 5.85. The number of carboxylic acids is 1. The highest BCUT2D eigenvalue weighted by atomic mass is 16.4. The Morgan fingerprint density at radius 2 is 1.71 bits per heavy atom. The summed E-state index contributed by atoms with van der Waals surface area (Å²) in [6.45, 7) is 0. The topological polar surface area (TPSA) is 40.5 Å². The van der Waals surface area contributed by atoms with Crippen molar-refractivity contribution >= 4 is 11.7 Å². The van der Waals surface area contributed by atoms with Crippen LogP contribution in [0.25, 0.3) is 0 Å². The third-order valence-electron chi connectivity index (χ3n) is 4.97. The molecular formula is C21H25NO2. The van der Waals surface area contributed by atoms with E-state index in [4.69, 9.17) is 0 Å². The van der Waals surface area contributed by atoms with Crippen LogP contribution < -0.4 is 4.90 Å². The third-order valence-corrected chi connectivity index (χ3v) is 4.97. The van der Waals surface area contributed by atoms with E-state index in [-0.39, 0.29) is 0 Å². The lowest BCUT2D eigenvalue weighted by Crippen LogP contribution is -2.16. The molecule has 0 aromatic heterocycles. The predicted octanol–water partition coefficient (Wildman–Crippen LogP) is 4.04. The maximum Gasteiger partial charge on any atom is 0.311 e. The Kier molecular flexibility index (Phi) is 4.89. The standard InChI is InChI=1S/C21H25NO2/c1-22(2)19-11-7-15(8-12-19)13-20(21(23)24)18-10-9-16-5-3-4-6-17(16)14-18/h7-12,14,20H,3-6,13H2,1-2H3,(H,23,24). The SMILES string of the molecule is CN(C)c1ccc(CC(C(=O)O)c2ccc3c(c2)CCCC3)cc1. The number of rotatable bonds is 5. The van der Waals surface area contributed by atoms with E-state index in [9.17, 15) is 9.90 Å². The molecule has 3 nitrogen and oxygen atoms in total. The monoisotopic (exact) mass is 323 g/mol. The molecule has 1 N–H and O–H groups in total. The van der Waals surface area contributed by atoms with Gasteiger partial charge in [0.15, 0.2) is 0 Å². The van der Waals surface area contributed by atoms with Gasteiger partial charge >= 0.3 is 5.97 Å². The van der Waals surface area contributed by atoms with Crippen LogP contribution in [-0.4, -0.2) is 25.2 Å². The first-order valence-corrected chi connectivity index (χ1v) is 8.65. The fourth-order valence-electron chi connectivity index (χ4n) is 3.48. The van der Waals surface area contributed by atoms with Crippen molar-refractivity contribution in [1.29, 1.82) is 0 Å². The van der Waals surface area contributed by atoms with Crippen LogP contribution >= 0.6 is 0 Å². The molecule has 0 saturated carbocycles. The molecule has 0 heterocycles. The van der Waals surface area contributed by atoms with E-state index in [0.717, 1.165) is 29.7 Å². The van der Waals surface area contributed by atoms with E-state index in [2.05, 4.69) is 12.1 Å². The summed E-state index contributed by atoms with van der Waals surface area (Å²) in [7, 11) is 4.00. The molecule has 2 aromatic carbocycles. The van der Waals surface area contributed by atoms with Gasteiger partial charge in [0.05, 0.1) is 5.92 Å². The van der Waals surface area contributed by atoms with Gasteiger partial charge in [-0.25, -0.2) is 0 Å². The number of fused-ring (bicyclic) bond motifs is 1. The second-order valence-electron chi connectivity index (χ2n) is 6.89. The van der Waals surface area contributed by atoms with Crippen molar-refractivity contribution < 1.29 is 9.90 Å². The van der Waals surface area contributed by atoms with Gasteiger partial charge in [-0.3, -0.25) is 4.79 Å². The quantitative estimate of drug-likeness (QED) is 0.902. The summed E-state index contributed by atoms with van der Waals surface area (Å²) in [4.78, 5) is 13.9. The van der Waals surface area contributed by atoms with E-state index < -0.39 is 11.9 Å². The highest BCUT2D eigenvalue weighted by molar-refractivity contribution is 5.76. The van der Waals surface area contributed by atoms with Gasteiger partial charge in [-0.1, -0.05) is 30.3 Å². The number of hydrogen-bond acceptors (Lipinski definition) is 2. The smallest absolute Gasteiger partial charge is 0.311 e. The number of aliphatic carboxylic acids is 1. The van der Waals surface area contributed by atoms with Crippen molar-refractivity contribution in [2.45, 2.75) is 38.0 Å². The van der Waals surface area contributed by atoms with Crippen molar-refractivity contribution in [3.63, 3.8) is 0 Å². The van der Waals surface area contributed by atoms with Crippen LogP contribution in [0.15, 0.2) is 42.5 Å². The lowest BCUT2D eigenvalue weighted by Gasteiger charge is -2.20. The molecule has 3 rings (SSSR count). The van der Waals surface area contributed by atoms with Gasteiger partial charge in [0, 0.05) is 19.8 Å². The molecule has 0 radical (unpaired) electrons. The van der Waals surface area contributed by atoms with E-state index in [1.54, 1.807) is 0 Å². The minimum Gasteiger partial charge on any atom is -0.481 e. The molecular weight excluding hydrogens is 298 g/mol. The Morgan fingerprint density at radius 1 is 1.04 bits per heavy atom. The molecule has 24 heavy (non-hydrogen) atoms. The van der Waals surface area contributed by atoms with Crippen LogP contribution in [0, 0.1) is 0 Å². The summed E-state index contributed by atoms with van der Waals surface area (Å²) >= 11 is 0. The molecule has 126 valence electrons.